The van der Waals surface area contributed by atoms with Gasteiger partial charge < -0.3 is 15.0 Å². The highest BCUT2D eigenvalue weighted by Crippen LogP contribution is 2.28. The largest absolute Gasteiger partial charge is 0.465 e. The van der Waals surface area contributed by atoms with Gasteiger partial charge in [0.25, 0.3) is 0 Å². The number of nitrogens with zero attached hydrogens (tertiary/aromatic N) is 1. The average Bonchev–Trinajstić information content (AvgIpc) is 3.35. The van der Waals surface area contributed by atoms with Crippen molar-refractivity contribution in [3.63, 3.8) is 0 Å². The molecule has 118 valence electrons. The van der Waals surface area contributed by atoms with Crippen molar-refractivity contribution in [1.82, 2.24) is 5.32 Å². The molecule has 1 aliphatic carbocycles. The highest BCUT2D eigenvalue weighted by atomic mass is 16.5. The summed E-state index contributed by atoms with van der Waals surface area (Å²) in [6.45, 7) is 2.20. The van der Waals surface area contributed by atoms with Crippen molar-refractivity contribution < 1.29 is 19.1 Å². The van der Waals surface area contributed by atoms with Gasteiger partial charge in [-0.3, -0.25) is 9.59 Å². The molecule has 1 aliphatic rings. The van der Waals surface area contributed by atoms with E-state index >= 15 is 0 Å². The Morgan fingerprint density at radius 2 is 2.05 bits per heavy atom. The minimum Gasteiger partial charge on any atom is -0.465 e. The Labute approximate surface area is 129 Å². The number of anilines is 1. The summed E-state index contributed by atoms with van der Waals surface area (Å²) in [5.74, 6) is -0.407. The number of carbonyl (C=O) groups excluding carboxylic acids is 3. The third kappa shape index (κ3) is 4.07. The second kappa shape index (κ2) is 7.06. The molecule has 1 fully saturated rings. The fraction of sp³-hybridized carbons (Fsp3) is 0.438. The lowest BCUT2D eigenvalue weighted by Gasteiger charge is -2.22. The van der Waals surface area contributed by atoms with E-state index in [2.05, 4.69) is 10.1 Å². The number of benzene rings is 1. The molecule has 0 heterocycles. The Kier molecular flexibility index (Phi) is 5.14. The van der Waals surface area contributed by atoms with E-state index in [0.29, 0.717) is 24.3 Å². The van der Waals surface area contributed by atoms with Crippen LogP contribution in [-0.4, -0.2) is 38.0 Å². The van der Waals surface area contributed by atoms with E-state index in [1.165, 1.54) is 18.9 Å². The maximum Gasteiger partial charge on any atom is 0.337 e. The number of amides is 2. The number of hydrogen-bond donors (Lipinski definition) is 1. The highest BCUT2D eigenvalue weighted by molar-refractivity contribution is 5.95. The zero-order valence-corrected chi connectivity index (χ0v) is 12.8. The summed E-state index contributed by atoms with van der Waals surface area (Å²) in [7, 11) is 1.31. The Morgan fingerprint density at radius 1 is 1.32 bits per heavy atom. The second-order valence-corrected chi connectivity index (χ2v) is 5.28. The minimum absolute atomic E-state index is 0.0480. The molecule has 0 unspecified atom stereocenters. The number of nitrogens with one attached hydrogen (secondary N) is 1. The first kappa shape index (κ1) is 16.0. The number of ether oxygens (including phenoxy) is 1. The van der Waals surface area contributed by atoms with Crippen molar-refractivity contribution in [2.45, 2.75) is 19.8 Å². The van der Waals surface area contributed by atoms with Crippen LogP contribution in [0.15, 0.2) is 24.3 Å². The first-order valence-electron chi connectivity index (χ1n) is 7.27. The van der Waals surface area contributed by atoms with Crippen molar-refractivity contribution in [2.24, 2.45) is 5.92 Å². The van der Waals surface area contributed by atoms with Crippen LogP contribution in [-0.2, 0) is 14.3 Å². The molecular formula is C16H20N2O4. The molecule has 1 saturated carbocycles. The molecule has 1 aromatic carbocycles. The van der Waals surface area contributed by atoms with E-state index in [1.54, 1.807) is 24.3 Å². The molecule has 2 rings (SSSR count). The van der Waals surface area contributed by atoms with Gasteiger partial charge in [-0.05, 0) is 31.0 Å². The quantitative estimate of drug-likeness (QED) is 0.805. The molecular weight excluding hydrogens is 284 g/mol. The van der Waals surface area contributed by atoms with Gasteiger partial charge in [0.2, 0.25) is 11.8 Å². The lowest BCUT2D eigenvalue weighted by atomic mass is 10.2. The highest BCUT2D eigenvalue weighted by Gasteiger charge is 2.29. The van der Waals surface area contributed by atoms with Crippen LogP contribution in [0.1, 0.15) is 30.1 Å². The molecule has 2 amide bonds. The minimum atomic E-state index is -0.451. The second-order valence-electron chi connectivity index (χ2n) is 5.28. The lowest BCUT2D eigenvalue weighted by molar-refractivity contribution is -0.122. The van der Waals surface area contributed by atoms with Crippen LogP contribution in [0.5, 0.6) is 0 Å². The maximum absolute atomic E-state index is 11.8. The number of methoxy groups -OCH3 is 1. The van der Waals surface area contributed by atoms with Crippen molar-refractivity contribution in [3.8, 4) is 0 Å². The number of rotatable bonds is 6. The van der Waals surface area contributed by atoms with E-state index in [-0.39, 0.29) is 17.7 Å². The first-order chi connectivity index (χ1) is 10.5. The monoisotopic (exact) mass is 304 g/mol. The average molecular weight is 304 g/mol. The van der Waals surface area contributed by atoms with Crippen LogP contribution in [0.25, 0.3) is 0 Å². The summed E-state index contributed by atoms with van der Waals surface area (Å²) in [5.41, 5.74) is 0.990. The van der Waals surface area contributed by atoms with Gasteiger partial charge in [-0.25, -0.2) is 4.79 Å². The van der Waals surface area contributed by atoms with Crippen LogP contribution < -0.4 is 10.2 Å². The molecule has 0 spiro atoms. The molecule has 22 heavy (non-hydrogen) atoms. The summed E-state index contributed by atoms with van der Waals surface area (Å²) in [6, 6.07) is 6.68. The van der Waals surface area contributed by atoms with Crippen molar-refractivity contribution in [1.29, 1.82) is 0 Å². The number of carbonyl (C=O) groups is 3. The summed E-state index contributed by atoms with van der Waals surface area (Å²) in [5, 5.41) is 2.82. The summed E-state index contributed by atoms with van der Waals surface area (Å²) < 4.78 is 4.68. The zero-order valence-electron chi connectivity index (χ0n) is 12.8. The van der Waals surface area contributed by atoms with E-state index in [1.807, 2.05) is 0 Å². The molecule has 6 nitrogen and oxygen atoms in total. The van der Waals surface area contributed by atoms with Gasteiger partial charge in [-0.15, -0.1) is 0 Å². The maximum atomic E-state index is 11.8. The lowest BCUT2D eigenvalue weighted by Crippen LogP contribution is -2.38. The molecule has 0 aliphatic heterocycles. The van der Waals surface area contributed by atoms with Crippen LogP contribution in [0, 0.1) is 5.92 Å². The van der Waals surface area contributed by atoms with Gasteiger partial charge in [0.15, 0.2) is 0 Å². The molecule has 0 aromatic heterocycles. The fourth-order valence-electron chi connectivity index (χ4n) is 2.17. The Balaban J connectivity index is 2.02. The molecule has 6 heteroatoms. The zero-order chi connectivity index (χ0) is 16.1. The molecule has 1 N–H and O–H groups in total. The van der Waals surface area contributed by atoms with Crippen molar-refractivity contribution in [3.05, 3.63) is 29.8 Å². The summed E-state index contributed by atoms with van der Waals surface area (Å²) >= 11 is 0. The summed E-state index contributed by atoms with van der Waals surface area (Å²) in [4.78, 5) is 36.5. The predicted octanol–water partition coefficient (Wildman–Crippen LogP) is 1.35. The van der Waals surface area contributed by atoms with Gasteiger partial charge in [-0.2, -0.15) is 0 Å². The molecule has 0 bridgehead atoms. The molecule has 0 radical (unpaired) electrons. The normalized spacial score (nSPS) is 13.4. The third-order valence-corrected chi connectivity index (χ3v) is 3.54. The Hall–Kier alpha value is -2.37. The van der Waals surface area contributed by atoms with E-state index in [4.69, 9.17) is 0 Å². The topological polar surface area (TPSA) is 75.7 Å². The smallest absolute Gasteiger partial charge is 0.337 e. The summed E-state index contributed by atoms with van der Waals surface area (Å²) in [6.07, 6.45) is 1.90. The van der Waals surface area contributed by atoms with Crippen LogP contribution in [0.4, 0.5) is 5.69 Å². The van der Waals surface area contributed by atoms with Gasteiger partial charge in [0.1, 0.15) is 0 Å². The van der Waals surface area contributed by atoms with Crippen LogP contribution >= 0.6 is 0 Å². The predicted molar refractivity (Wildman–Crippen MR) is 81.5 cm³/mol. The number of hydrogen-bond acceptors (Lipinski definition) is 4. The molecule has 0 atom stereocenters. The van der Waals surface area contributed by atoms with E-state index in [0.717, 1.165) is 12.8 Å². The van der Waals surface area contributed by atoms with Gasteiger partial charge in [0.05, 0.1) is 12.7 Å². The molecule has 1 aromatic rings. The Morgan fingerprint density at radius 3 is 2.64 bits per heavy atom. The van der Waals surface area contributed by atoms with Crippen molar-refractivity contribution in [2.75, 3.05) is 25.1 Å². The standard InChI is InChI=1S/C16H20N2O4/c1-11(19)18(9-8-17-15(20)12-6-7-12)14-5-3-4-13(10-14)16(21)22-2/h3-5,10,12H,6-9H2,1-2H3,(H,17,20). The van der Waals surface area contributed by atoms with Crippen LogP contribution in [0.2, 0.25) is 0 Å². The molecule has 0 saturated heterocycles. The SMILES string of the molecule is COC(=O)c1cccc(N(CCNC(=O)C2CC2)C(C)=O)c1. The first-order valence-corrected chi connectivity index (χ1v) is 7.27. The van der Waals surface area contributed by atoms with Crippen molar-refractivity contribution >= 4 is 23.5 Å². The third-order valence-electron chi connectivity index (χ3n) is 3.54. The van der Waals surface area contributed by atoms with Gasteiger partial charge >= 0.3 is 5.97 Å². The Bertz CT molecular complexity index is 581. The number of esters is 1. The fourth-order valence-corrected chi connectivity index (χ4v) is 2.17. The van der Waals surface area contributed by atoms with Gasteiger partial charge in [-0.1, -0.05) is 6.07 Å². The van der Waals surface area contributed by atoms with E-state index in [9.17, 15) is 14.4 Å². The van der Waals surface area contributed by atoms with Crippen LogP contribution in [0.3, 0.4) is 0 Å². The van der Waals surface area contributed by atoms with E-state index < -0.39 is 5.97 Å². The van der Waals surface area contributed by atoms with Gasteiger partial charge in [0, 0.05) is 31.6 Å².